The topological polar surface area (TPSA) is 68.3 Å². The lowest BCUT2D eigenvalue weighted by Gasteiger charge is -2.20. The minimum Gasteiger partial charge on any atom is -0.305 e. The molecular formula is C12H20O4Si2. The molecule has 0 aromatic rings. The second kappa shape index (κ2) is 5.66. The average Bonchev–Trinajstić information content (AvgIpc) is 2.23. The fraction of sp³-hybridized carbons (Fsp3) is 0.500. The molecule has 0 fully saturated rings. The van der Waals surface area contributed by atoms with E-state index in [-0.39, 0.29) is 21.6 Å². The van der Waals surface area contributed by atoms with Crippen LogP contribution in [-0.2, 0) is 19.2 Å². The first-order valence-corrected chi connectivity index (χ1v) is 10.9. The zero-order chi connectivity index (χ0) is 14.7. The van der Waals surface area contributed by atoms with E-state index in [0.29, 0.717) is 0 Å². The fourth-order valence-electron chi connectivity index (χ4n) is 1.30. The van der Waals surface area contributed by atoms with Gasteiger partial charge in [-0.25, -0.2) is 0 Å². The van der Waals surface area contributed by atoms with Crippen LogP contribution in [0.5, 0.6) is 0 Å². The highest BCUT2D eigenvalue weighted by Crippen LogP contribution is 2.14. The van der Waals surface area contributed by atoms with E-state index in [1.54, 1.807) is 24.5 Å². The van der Waals surface area contributed by atoms with Crippen molar-refractivity contribution >= 4 is 37.8 Å². The molecule has 0 radical (unpaired) electrons. The van der Waals surface area contributed by atoms with Crippen molar-refractivity contribution in [2.45, 2.75) is 40.8 Å². The first-order chi connectivity index (χ1) is 7.98. The minimum atomic E-state index is -2.83. The number of rotatable bonds is 6. The Morgan fingerprint density at radius 3 is 0.889 bits per heavy atom. The second-order valence-electron chi connectivity index (χ2n) is 4.96. The Hall–Kier alpha value is -1.15. The summed E-state index contributed by atoms with van der Waals surface area (Å²) < 4.78 is 0. The lowest BCUT2D eigenvalue weighted by molar-refractivity contribution is -0.116. The van der Waals surface area contributed by atoms with Gasteiger partial charge in [0.15, 0.2) is 0 Å². The molecule has 6 heteroatoms. The quantitative estimate of drug-likeness (QED) is 0.689. The van der Waals surface area contributed by atoms with Crippen LogP contribution in [0.4, 0.5) is 0 Å². The van der Waals surface area contributed by atoms with Crippen LogP contribution >= 0.6 is 0 Å². The standard InChI is InChI=1S/C12H20O4Si2/c1-9(13)17(5,10(2)14)7-8-18(6,11(3)15)12(4)16/h7-8H,1-6H3. The Morgan fingerprint density at radius 1 is 0.611 bits per heavy atom. The first-order valence-electron chi connectivity index (χ1n) is 5.73. The third kappa shape index (κ3) is 3.20. The molecule has 0 saturated heterocycles. The minimum absolute atomic E-state index is 0.158. The van der Waals surface area contributed by atoms with E-state index in [9.17, 15) is 19.2 Å². The summed E-state index contributed by atoms with van der Waals surface area (Å²) in [5.41, 5.74) is 3.12. The Kier molecular flexibility index (Phi) is 5.30. The van der Waals surface area contributed by atoms with Gasteiger partial charge in [0.1, 0.15) is 21.6 Å². The molecule has 0 aliphatic heterocycles. The molecule has 0 bridgehead atoms. The normalized spacial score (nSPS) is 12.6. The van der Waals surface area contributed by atoms with Crippen LogP contribution in [0, 0.1) is 0 Å². The Morgan fingerprint density at radius 2 is 0.778 bits per heavy atom. The summed E-state index contributed by atoms with van der Waals surface area (Å²) >= 11 is 0. The van der Waals surface area contributed by atoms with Crippen molar-refractivity contribution in [3.8, 4) is 0 Å². The monoisotopic (exact) mass is 284 g/mol. The molecule has 0 heterocycles. The predicted molar refractivity (Wildman–Crippen MR) is 75.1 cm³/mol. The molecule has 0 spiro atoms. The highest BCUT2D eigenvalue weighted by Gasteiger charge is 2.40. The Balaban J connectivity index is 5.60. The molecular weight excluding hydrogens is 264 g/mol. The average molecular weight is 284 g/mol. The molecule has 0 aliphatic rings. The number of carbonyl (C=O) groups is 4. The smallest absolute Gasteiger partial charge is 0.226 e. The molecule has 0 atom stereocenters. The third-order valence-corrected chi connectivity index (χ3v) is 11.5. The van der Waals surface area contributed by atoms with Crippen molar-refractivity contribution in [2.75, 3.05) is 0 Å². The summed E-state index contributed by atoms with van der Waals surface area (Å²) in [5.74, 6) is 0. The van der Waals surface area contributed by atoms with E-state index in [4.69, 9.17) is 0 Å². The maximum Gasteiger partial charge on any atom is 0.226 e. The van der Waals surface area contributed by atoms with Gasteiger partial charge < -0.3 is 19.2 Å². The van der Waals surface area contributed by atoms with Crippen LogP contribution in [-0.4, -0.2) is 37.8 Å². The SMILES string of the molecule is CC(=O)[Si](C)(C=C[Si](C)(C(C)=O)C(C)=O)C(C)=O. The summed E-state index contributed by atoms with van der Waals surface area (Å²) in [6, 6.07) is 0. The van der Waals surface area contributed by atoms with Crippen molar-refractivity contribution in [1.29, 1.82) is 0 Å². The molecule has 0 saturated carbocycles. The first kappa shape index (κ1) is 16.9. The molecule has 0 aliphatic carbocycles. The summed E-state index contributed by atoms with van der Waals surface area (Å²) in [6.07, 6.45) is 0. The van der Waals surface area contributed by atoms with Gasteiger partial charge >= 0.3 is 0 Å². The van der Waals surface area contributed by atoms with E-state index in [2.05, 4.69) is 0 Å². The number of hydrogen-bond acceptors (Lipinski definition) is 4. The summed E-state index contributed by atoms with van der Waals surface area (Å²) in [5, 5.41) is -0.631. The van der Waals surface area contributed by atoms with Crippen LogP contribution < -0.4 is 0 Å². The molecule has 0 unspecified atom stereocenters. The maximum atomic E-state index is 11.6. The molecule has 100 valence electrons. The molecule has 0 rings (SSSR count). The van der Waals surface area contributed by atoms with Crippen molar-refractivity contribution in [1.82, 2.24) is 0 Å². The summed E-state index contributed by atoms with van der Waals surface area (Å²) in [6.45, 7) is 8.83. The maximum absolute atomic E-state index is 11.6. The van der Waals surface area contributed by atoms with E-state index >= 15 is 0 Å². The Bertz CT molecular complexity index is 369. The molecule has 0 aromatic heterocycles. The molecule has 0 aromatic carbocycles. The fourth-order valence-corrected chi connectivity index (χ4v) is 5.90. The largest absolute Gasteiger partial charge is 0.305 e. The lowest BCUT2D eigenvalue weighted by atomic mass is 10.9. The highest BCUT2D eigenvalue weighted by atomic mass is 28.3. The third-order valence-electron chi connectivity index (χ3n) is 3.68. The number of hydrogen-bond donors (Lipinski definition) is 0. The van der Waals surface area contributed by atoms with Crippen molar-refractivity contribution in [2.24, 2.45) is 0 Å². The van der Waals surface area contributed by atoms with Crippen LogP contribution in [0.3, 0.4) is 0 Å². The van der Waals surface area contributed by atoms with E-state index < -0.39 is 16.1 Å². The van der Waals surface area contributed by atoms with E-state index in [1.165, 1.54) is 27.7 Å². The predicted octanol–water partition coefficient (Wildman–Crippen LogP) is 1.29. The van der Waals surface area contributed by atoms with Crippen LogP contribution in [0.15, 0.2) is 11.4 Å². The zero-order valence-electron chi connectivity index (χ0n) is 11.8. The molecule has 0 amide bonds. The van der Waals surface area contributed by atoms with Gasteiger partial charge in [-0.3, -0.25) is 0 Å². The van der Waals surface area contributed by atoms with Gasteiger partial charge in [0.2, 0.25) is 16.1 Å². The van der Waals surface area contributed by atoms with Crippen molar-refractivity contribution in [3.63, 3.8) is 0 Å². The van der Waals surface area contributed by atoms with Gasteiger partial charge in [0.05, 0.1) is 0 Å². The zero-order valence-corrected chi connectivity index (χ0v) is 13.8. The lowest BCUT2D eigenvalue weighted by Crippen LogP contribution is -2.49. The number of carbonyl (C=O) groups excluding carboxylic acids is 4. The van der Waals surface area contributed by atoms with Gasteiger partial charge in [-0.2, -0.15) is 0 Å². The molecule has 4 nitrogen and oxygen atoms in total. The van der Waals surface area contributed by atoms with Gasteiger partial charge in [0, 0.05) is 0 Å². The van der Waals surface area contributed by atoms with Crippen LogP contribution in [0.2, 0.25) is 13.1 Å². The van der Waals surface area contributed by atoms with Crippen LogP contribution in [0.1, 0.15) is 27.7 Å². The Labute approximate surface area is 109 Å². The molecule has 0 N–H and O–H groups in total. The van der Waals surface area contributed by atoms with Gasteiger partial charge in [-0.05, 0) is 27.7 Å². The highest BCUT2D eigenvalue weighted by molar-refractivity contribution is 7.30. The second-order valence-corrected chi connectivity index (χ2v) is 13.3. The van der Waals surface area contributed by atoms with Crippen molar-refractivity contribution < 1.29 is 19.2 Å². The van der Waals surface area contributed by atoms with Gasteiger partial charge in [0.25, 0.3) is 0 Å². The van der Waals surface area contributed by atoms with Gasteiger partial charge in [-0.15, -0.1) is 0 Å². The summed E-state index contributed by atoms with van der Waals surface area (Å²) in [7, 11) is -5.67. The van der Waals surface area contributed by atoms with E-state index in [1.807, 2.05) is 0 Å². The van der Waals surface area contributed by atoms with Crippen molar-refractivity contribution in [3.05, 3.63) is 11.4 Å². The van der Waals surface area contributed by atoms with Gasteiger partial charge in [-0.1, -0.05) is 24.5 Å². The van der Waals surface area contributed by atoms with Crippen LogP contribution in [0.25, 0.3) is 0 Å². The van der Waals surface area contributed by atoms with E-state index in [0.717, 1.165) is 0 Å². The summed E-state index contributed by atoms with van der Waals surface area (Å²) in [4.78, 5) is 46.4. The molecule has 18 heavy (non-hydrogen) atoms.